The first-order chi connectivity index (χ1) is 15.2. The molecule has 1 aromatic carbocycles. The summed E-state index contributed by atoms with van der Waals surface area (Å²) in [6, 6.07) is 5.83. The van der Waals surface area contributed by atoms with E-state index in [1.54, 1.807) is 7.11 Å². The molecule has 10 heteroatoms. The summed E-state index contributed by atoms with van der Waals surface area (Å²) in [4.78, 5) is 27.1. The lowest BCUT2D eigenvalue weighted by atomic mass is 9.65. The van der Waals surface area contributed by atoms with Crippen LogP contribution in [0.5, 0.6) is 5.75 Å². The molecule has 0 radical (unpaired) electrons. The molecule has 5 rings (SSSR count). The molecule has 3 heterocycles. The Bertz CT molecular complexity index is 1210. The summed E-state index contributed by atoms with van der Waals surface area (Å²) in [5.74, 6) is 1.29. The van der Waals surface area contributed by atoms with Crippen molar-refractivity contribution in [2.45, 2.75) is 46.1 Å². The second-order valence-electron chi connectivity index (χ2n) is 9.97. The van der Waals surface area contributed by atoms with Gasteiger partial charge in [-0.05, 0) is 48.3 Å². The van der Waals surface area contributed by atoms with Gasteiger partial charge in [0.15, 0.2) is 5.13 Å². The van der Waals surface area contributed by atoms with E-state index in [0.29, 0.717) is 10.9 Å². The fourth-order valence-corrected chi connectivity index (χ4v) is 6.63. The van der Waals surface area contributed by atoms with Gasteiger partial charge in [-0.25, -0.2) is 15.0 Å². The number of nitrogens with zero attached hydrogens (tertiary/aromatic N) is 5. The molecule has 2 unspecified atom stereocenters. The first-order valence-electron chi connectivity index (χ1n) is 10.6. The smallest absolute Gasteiger partial charge is 0.353 e. The quantitative estimate of drug-likeness (QED) is 0.417. The summed E-state index contributed by atoms with van der Waals surface area (Å²) in [6.07, 6.45) is 4.52. The zero-order chi connectivity index (χ0) is 22.7. The molecule has 32 heavy (non-hydrogen) atoms. The number of hydrogen-bond donors (Lipinski definition) is 1. The van der Waals surface area contributed by atoms with Crippen molar-refractivity contribution in [1.29, 1.82) is 0 Å². The van der Waals surface area contributed by atoms with E-state index in [4.69, 9.17) is 4.74 Å². The summed E-state index contributed by atoms with van der Waals surface area (Å²) >= 11 is 1.40. The molecule has 1 saturated heterocycles. The van der Waals surface area contributed by atoms with Gasteiger partial charge in [-0.1, -0.05) is 32.1 Å². The molecule has 168 valence electrons. The molecule has 2 bridgehead atoms. The van der Waals surface area contributed by atoms with Crippen molar-refractivity contribution in [2.24, 2.45) is 10.8 Å². The number of rotatable bonds is 5. The normalized spacial score (nSPS) is 24.0. The summed E-state index contributed by atoms with van der Waals surface area (Å²) in [5, 5.41) is 15.8. The van der Waals surface area contributed by atoms with Crippen molar-refractivity contribution >= 4 is 44.0 Å². The van der Waals surface area contributed by atoms with Crippen LogP contribution in [0, 0.1) is 20.9 Å². The van der Waals surface area contributed by atoms with Crippen LogP contribution in [0.2, 0.25) is 0 Å². The van der Waals surface area contributed by atoms with Gasteiger partial charge in [0.05, 0.1) is 22.2 Å². The van der Waals surface area contributed by atoms with E-state index in [-0.39, 0.29) is 33.3 Å². The molecule has 2 aliphatic rings. The second-order valence-corrected chi connectivity index (χ2v) is 11.0. The zero-order valence-corrected chi connectivity index (χ0v) is 19.4. The van der Waals surface area contributed by atoms with E-state index < -0.39 is 0 Å². The monoisotopic (exact) mass is 454 g/mol. The van der Waals surface area contributed by atoms with Crippen LogP contribution in [-0.4, -0.2) is 39.6 Å². The number of hydrogen-bond acceptors (Lipinski definition) is 9. The maximum absolute atomic E-state index is 12.2. The van der Waals surface area contributed by atoms with Crippen LogP contribution >= 0.6 is 11.3 Å². The molecule has 1 aliphatic carbocycles. The van der Waals surface area contributed by atoms with E-state index >= 15 is 0 Å². The Morgan fingerprint density at radius 1 is 1.28 bits per heavy atom. The lowest BCUT2D eigenvalue weighted by molar-refractivity contribution is -0.383. The SMILES string of the molecule is COc1ccc2nc(Nc3ncnc(N4CC5(C)CC4CC(C)(C)C5)c3[N+](=O)[O-])sc2c1. The molecule has 9 nitrogen and oxygen atoms in total. The highest BCUT2D eigenvalue weighted by atomic mass is 32.1. The Morgan fingerprint density at radius 2 is 2.09 bits per heavy atom. The fourth-order valence-electron chi connectivity index (χ4n) is 5.73. The molecule has 2 atom stereocenters. The van der Waals surface area contributed by atoms with Gasteiger partial charge in [0.2, 0.25) is 11.6 Å². The minimum atomic E-state index is -0.385. The Labute approximate surface area is 190 Å². The van der Waals surface area contributed by atoms with Gasteiger partial charge in [0.25, 0.3) is 0 Å². The topological polar surface area (TPSA) is 106 Å². The van der Waals surface area contributed by atoms with Gasteiger partial charge >= 0.3 is 5.69 Å². The van der Waals surface area contributed by atoms with Crippen molar-refractivity contribution < 1.29 is 9.66 Å². The number of methoxy groups -OCH3 is 1. The number of aromatic nitrogens is 3. The van der Waals surface area contributed by atoms with Crippen LogP contribution in [0.1, 0.15) is 40.0 Å². The number of ether oxygens (including phenoxy) is 1. The van der Waals surface area contributed by atoms with Gasteiger partial charge in [0, 0.05) is 12.6 Å². The zero-order valence-electron chi connectivity index (χ0n) is 18.6. The average Bonchev–Trinajstić information content (AvgIpc) is 3.22. The maximum Gasteiger partial charge on any atom is 0.353 e. The molecular weight excluding hydrogens is 428 g/mol. The lowest BCUT2D eigenvalue weighted by Gasteiger charge is -2.39. The van der Waals surface area contributed by atoms with Gasteiger partial charge in [-0.3, -0.25) is 10.1 Å². The summed E-state index contributed by atoms with van der Waals surface area (Å²) < 4.78 is 6.20. The van der Waals surface area contributed by atoms with E-state index in [2.05, 4.69) is 45.9 Å². The van der Waals surface area contributed by atoms with Crippen molar-refractivity contribution in [2.75, 3.05) is 23.9 Å². The van der Waals surface area contributed by atoms with E-state index in [1.165, 1.54) is 17.7 Å². The lowest BCUT2D eigenvalue weighted by Crippen LogP contribution is -2.35. The van der Waals surface area contributed by atoms with Crippen molar-refractivity contribution in [3.05, 3.63) is 34.6 Å². The highest BCUT2D eigenvalue weighted by molar-refractivity contribution is 7.22. The number of anilines is 3. The van der Waals surface area contributed by atoms with Crippen LogP contribution in [0.15, 0.2) is 24.5 Å². The van der Waals surface area contributed by atoms with Gasteiger partial charge in [-0.15, -0.1) is 0 Å². The minimum Gasteiger partial charge on any atom is -0.497 e. The molecule has 2 fully saturated rings. The Hall–Kier alpha value is -3.01. The fraction of sp³-hybridized carbons (Fsp3) is 0.500. The molecule has 1 aliphatic heterocycles. The minimum absolute atomic E-state index is 0.0988. The highest BCUT2D eigenvalue weighted by Crippen LogP contribution is 2.54. The number of thiazole rings is 1. The average molecular weight is 455 g/mol. The molecule has 2 aromatic heterocycles. The van der Waals surface area contributed by atoms with E-state index in [0.717, 1.165) is 41.8 Å². The van der Waals surface area contributed by atoms with Gasteiger partial charge in [-0.2, -0.15) is 0 Å². The predicted molar refractivity (Wildman–Crippen MR) is 125 cm³/mol. The summed E-state index contributed by atoms with van der Waals surface area (Å²) in [6.45, 7) is 7.61. The molecule has 1 saturated carbocycles. The van der Waals surface area contributed by atoms with Crippen molar-refractivity contribution in [3.63, 3.8) is 0 Å². The number of benzene rings is 1. The highest BCUT2D eigenvalue weighted by Gasteiger charge is 2.51. The third-order valence-corrected chi connectivity index (χ3v) is 7.43. The first-order valence-corrected chi connectivity index (χ1v) is 11.5. The van der Waals surface area contributed by atoms with E-state index in [1.807, 2.05) is 18.2 Å². The number of nitrogens with one attached hydrogen (secondary N) is 1. The molecule has 1 N–H and O–H groups in total. The third kappa shape index (κ3) is 3.62. The molecule has 0 amide bonds. The van der Waals surface area contributed by atoms with Gasteiger partial charge < -0.3 is 15.0 Å². The van der Waals surface area contributed by atoms with Crippen LogP contribution in [0.3, 0.4) is 0 Å². The van der Waals surface area contributed by atoms with Crippen molar-refractivity contribution in [3.8, 4) is 5.75 Å². The largest absolute Gasteiger partial charge is 0.497 e. The third-order valence-electron chi connectivity index (χ3n) is 6.49. The first kappa shape index (κ1) is 20.9. The summed E-state index contributed by atoms with van der Waals surface area (Å²) in [5.41, 5.74) is 1.03. The van der Waals surface area contributed by atoms with Crippen LogP contribution in [0.4, 0.5) is 22.5 Å². The van der Waals surface area contributed by atoms with Crippen LogP contribution in [-0.2, 0) is 0 Å². The Morgan fingerprint density at radius 3 is 2.84 bits per heavy atom. The van der Waals surface area contributed by atoms with Crippen LogP contribution in [0.25, 0.3) is 10.2 Å². The van der Waals surface area contributed by atoms with Gasteiger partial charge in [0.1, 0.15) is 12.1 Å². The number of fused-ring (bicyclic) bond motifs is 3. The summed E-state index contributed by atoms with van der Waals surface area (Å²) in [7, 11) is 1.61. The molecule has 0 spiro atoms. The molecular formula is C22H26N6O3S. The predicted octanol–water partition coefficient (Wildman–Crippen LogP) is 5.15. The van der Waals surface area contributed by atoms with Crippen molar-refractivity contribution in [1.82, 2.24) is 15.0 Å². The van der Waals surface area contributed by atoms with Crippen LogP contribution < -0.4 is 15.0 Å². The van der Waals surface area contributed by atoms with E-state index in [9.17, 15) is 10.1 Å². The Balaban J connectivity index is 1.51. The Kier molecular flexibility index (Phi) is 4.74. The number of nitro groups is 1. The maximum atomic E-state index is 12.2. The molecule has 3 aromatic rings. The second kappa shape index (κ2) is 7.26. The standard InChI is InChI=1S/C22H26N6O3S/c1-21(2)8-13-9-22(3,10-21)11-27(13)19-17(28(29)30)18(23-12-24-19)26-20-25-15-6-5-14(31-4)7-16(15)32-20/h5-7,12-13H,8-11H2,1-4H3,(H,23,24,25,26).